The quantitative estimate of drug-likeness (QED) is 0.431. The summed E-state index contributed by atoms with van der Waals surface area (Å²) in [4.78, 5) is 0. The van der Waals surface area contributed by atoms with Crippen LogP contribution in [0, 0.1) is 13.8 Å². The highest BCUT2D eigenvalue weighted by Crippen LogP contribution is 2.34. The van der Waals surface area contributed by atoms with E-state index >= 15 is 0 Å². The summed E-state index contributed by atoms with van der Waals surface area (Å²) < 4.78 is 6.06. The number of aromatic nitrogens is 2. The van der Waals surface area contributed by atoms with Gasteiger partial charge in [0, 0.05) is 5.69 Å². The summed E-state index contributed by atoms with van der Waals surface area (Å²) in [5.74, 6) is 0.806. The van der Waals surface area contributed by atoms with E-state index in [0.717, 1.165) is 32.7 Å². The summed E-state index contributed by atoms with van der Waals surface area (Å²) in [5.41, 5.74) is 5.53. The first-order chi connectivity index (χ1) is 13.7. The molecular formula is C23H21N3OS. The van der Waals surface area contributed by atoms with Crippen molar-refractivity contribution in [3.05, 3.63) is 89.5 Å². The minimum Gasteiger partial charge on any atom is -0.488 e. The molecule has 0 bridgehead atoms. The van der Waals surface area contributed by atoms with Gasteiger partial charge in [0.05, 0.1) is 5.56 Å². The molecule has 0 atom stereocenters. The first kappa shape index (κ1) is 18.2. The lowest BCUT2D eigenvalue weighted by molar-refractivity contribution is 0.307. The molecule has 0 spiro atoms. The van der Waals surface area contributed by atoms with Crippen LogP contribution in [0.15, 0.2) is 72.8 Å². The molecule has 0 saturated carbocycles. The van der Waals surface area contributed by atoms with Gasteiger partial charge in [0.1, 0.15) is 12.4 Å². The predicted molar refractivity (Wildman–Crippen MR) is 115 cm³/mol. The van der Waals surface area contributed by atoms with Gasteiger partial charge >= 0.3 is 0 Å². The number of hydrogen-bond acceptors (Lipinski definition) is 5. The van der Waals surface area contributed by atoms with Gasteiger partial charge in [-0.25, -0.2) is 0 Å². The second-order valence-electron chi connectivity index (χ2n) is 6.68. The Kier molecular flexibility index (Phi) is 5.35. The van der Waals surface area contributed by atoms with E-state index in [0.29, 0.717) is 6.61 Å². The molecule has 4 rings (SSSR count). The number of rotatable bonds is 6. The largest absolute Gasteiger partial charge is 0.488 e. The number of para-hydroxylation sites is 1. The molecule has 1 aromatic heterocycles. The van der Waals surface area contributed by atoms with Crippen LogP contribution in [0.2, 0.25) is 0 Å². The second kappa shape index (κ2) is 8.23. The fraction of sp³-hybridized carbons (Fsp3) is 0.130. The van der Waals surface area contributed by atoms with Crippen LogP contribution in [-0.2, 0) is 6.61 Å². The highest BCUT2D eigenvalue weighted by Gasteiger charge is 2.12. The number of hydrogen-bond donors (Lipinski definition) is 1. The highest BCUT2D eigenvalue weighted by molar-refractivity contribution is 7.18. The number of ether oxygens (including phenoxy) is 1. The van der Waals surface area contributed by atoms with E-state index < -0.39 is 0 Å². The smallest absolute Gasteiger partial charge is 0.210 e. The van der Waals surface area contributed by atoms with E-state index in [1.54, 1.807) is 0 Å². The van der Waals surface area contributed by atoms with Crippen LogP contribution in [-0.4, -0.2) is 10.2 Å². The molecule has 1 N–H and O–H groups in total. The van der Waals surface area contributed by atoms with Gasteiger partial charge in [0.15, 0.2) is 5.01 Å². The maximum atomic E-state index is 6.06. The maximum Gasteiger partial charge on any atom is 0.210 e. The van der Waals surface area contributed by atoms with Crippen molar-refractivity contribution in [2.75, 3.05) is 5.32 Å². The van der Waals surface area contributed by atoms with E-state index in [-0.39, 0.29) is 0 Å². The Morgan fingerprint density at radius 1 is 0.857 bits per heavy atom. The molecule has 0 amide bonds. The number of aryl methyl sites for hydroxylation is 2. The van der Waals surface area contributed by atoms with Crippen LogP contribution < -0.4 is 10.1 Å². The number of anilines is 2. The van der Waals surface area contributed by atoms with E-state index in [2.05, 4.69) is 59.7 Å². The minimum absolute atomic E-state index is 0.518. The first-order valence-corrected chi connectivity index (χ1v) is 9.94. The fourth-order valence-corrected chi connectivity index (χ4v) is 3.85. The molecular weight excluding hydrogens is 366 g/mol. The maximum absolute atomic E-state index is 6.06. The van der Waals surface area contributed by atoms with Crippen molar-refractivity contribution >= 4 is 22.2 Å². The van der Waals surface area contributed by atoms with E-state index in [9.17, 15) is 0 Å². The zero-order valence-electron chi connectivity index (χ0n) is 15.8. The molecule has 140 valence electrons. The van der Waals surface area contributed by atoms with Gasteiger partial charge < -0.3 is 10.1 Å². The van der Waals surface area contributed by atoms with Gasteiger partial charge in [-0.2, -0.15) is 0 Å². The molecule has 4 nitrogen and oxygen atoms in total. The molecule has 0 fully saturated rings. The van der Waals surface area contributed by atoms with Crippen molar-refractivity contribution in [3.8, 4) is 16.3 Å². The number of nitrogens with one attached hydrogen (secondary N) is 1. The molecule has 4 aromatic rings. The first-order valence-electron chi connectivity index (χ1n) is 9.12. The SMILES string of the molecule is Cc1cc(C)cc(Nc2nnc(-c3ccccc3OCc3ccccc3)s2)c1. The highest BCUT2D eigenvalue weighted by atomic mass is 32.1. The molecule has 0 aliphatic carbocycles. The molecule has 3 aromatic carbocycles. The Balaban J connectivity index is 1.53. The molecule has 0 radical (unpaired) electrons. The molecule has 28 heavy (non-hydrogen) atoms. The molecule has 5 heteroatoms. The van der Waals surface area contributed by atoms with E-state index in [1.807, 2.05) is 42.5 Å². The monoisotopic (exact) mass is 387 g/mol. The Hall–Kier alpha value is -3.18. The number of benzene rings is 3. The minimum atomic E-state index is 0.518. The fourth-order valence-electron chi connectivity index (χ4n) is 3.06. The van der Waals surface area contributed by atoms with Gasteiger partial charge in [-0.05, 0) is 54.8 Å². The number of nitrogens with zero attached hydrogens (tertiary/aromatic N) is 2. The Morgan fingerprint density at radius 2 is 1.57 bits per heavy atom. The Labute approximate surface area is 168 Å². The molecule has 0 aliphatic heterocycles. The third-order valence-electron chi connectivity index (χ3n) is 4.25. The second-order valence-corrected chi connectivity index (χ2v) is 7.66. The average Bonchev–Trinajstić information content (AvgIpc) is 3.15. The molecule has 0 unspecified atom stereocenters. The van der Waals surface area contributed by atoms with E-state index in [4.69, 9.17) is 4.74 Å². The summed E-state index contributed by atoms with van der Waals surface area (Å²) in [6, 6.07) is 24.4. The molecule has 1 heterocycles. The topological polar surface area (TPSA) is 47.0 Å². The van der Waals surface area contributed by atoms with Crippen LogP contribution in [0.5, 0.6) is 5.75 Å². The third-order valence-corrected chi connectivity index (χ3v) is 5.12. The van der Waals surface area contributed by atoms with Gasteiger partial charge in [-0.3, -0.25) is 0 Å². The summed E-state index contributed by atoms with van der Waals surface area (Å²) in [5, 5.41) is 13.6. The predicted octanol–water partition coefficient (Wildman–Crippen LogP) is 6.14. The van der Waals surface area contributed by atoms with Crippen LogP contribution in [0.25, 0.3) is 10.6 Å². The van der Waals surface area contributed by atoms with Gasteiger partial charge in [-0.15, -0.1) is 10.2 Å². The lowest BCUT2D eigenvalue weighted by Crippen LogP contribution is -1.96. The van der Waals surface area contributed by atoms with E-state index in [1.165, 1.54) is 22.5 Å². The standard InChI is InChI=1S/C23H21N3OS/c1-16-12-17(2)14-19(13-16)24-23-26-25-22(28-23)20-10-6-7-11-21(20)27-15-18-8-4-3-5-9-18/h3-14H,15H2,1-2H3,(H,24,26). The lowest BCUT2D eigenvalue weighted by Gasteiger charge is -2.09. The van der Waals surface area contributed by atoms with Crippen LogP contribution in [0.4, 0.5) is 10.8 Å². The lowest BCUT2D eigenvalue weighted by atomic mass is 10.1. The summed E-state index contributed by atoms with van der Waals surface area (Å²) in [6.45, 7) is 4.69. The average molecular weight is 388 g/mol. The summed E-state index contributed by atoms with van der Waals surface area (Å²) in [7, 11) is 0. The Bertz CT molecular complexity index is 1060. The van der Waals surface area contributed by atoms with Gasteiger partial charge in [-0.1, -0.05) is 59.9 Å². The zero-order chi connectivity index (χ0) is 19.3. The molecule has 0 aliphatic rings. The van der Waals surface area contributed by atoms with Crippen LogP contribution in [0.3, 0.4) is 0 Å². The zero-order valence-corrected chi connectivity index (χ0v) is 16.7. The van der Waals surface area contributed by atoms with Crippen molar-refractivity contribution in [3.63, 3.8) is 0 Å². The Morgan fingerprint density at radius 3 is 2.36 bits per heavy atom. The van der Waals surface area contributed by atoms with Crippen molar-refractivity contribution in [1.29, 1.82) is 0 Å². The van der Waals surface area contributed by atoms with Gasteiger partial charge in [0.2, 0.25) is 5.13 Å². The third kappa shape index (κ3) is 4.38. The molecule has 0 saturated heterocycles. The van der Waals surface area contributed by atoms with Crippen LogP contribution in [0.1, 0.15) is 16.7 Å². The van der Waals surface area contributed by atoms with Crippen molar-refractivity contribution in [2.45, 2.75) is 20.5 Å². The summed E-state index contributed by atoms with van der Waals surface area (Å²) in [6.07, 6.45) is 0. The van der Waals surface area contributed by atoms with Crippen LogP contribution >= 0.6 is 11.3 Å². The van der Waals surface area contributed by atoms with Crippen molar-refractivity contribution < 1.29 is 4.74 Å². The van der Waals surface area contributed by atoms with Crippen molar-refractivity contribution in [1.82, 2.24) is 10.2 Å². The normalized spacial score (nSPS) is 10.6. The van der Waals surface area contributed by atoms with Crippen molar-refractivity contribution in [2.24, 2.45) is 0 Å². The summed E-state index contributed by atoms with van der Waals surface area (Å²) >= 11 is 1.52. The van der Waals surface area contributed by atoms with Gasteiger partial charge in [0.25, 0.3) is 0 Å².